The van der Waals surface area contributed by atoms with Gasteiger partial charge in [0.25, 0.3) is 23.3 Å². The minimum absolute atomic E-state index is 0.120. The van der Waals surface area contributed by atoms with E-state index in [1.807, 2.05) is 30.3 Å². The zero-order valence-electron chi connectivity index (χ0n) is 27.0. The number of rotatable bonds is 20. The number of methoxy groups -OCH3 is 1. The molecule has 0 aliphatic carbocycles. The first-order valence-electron chi connectivity index (χ1n) is 15.4. The third-order valence-corrected chi connectivity index (χ3v) is 7.06. The zero-order chi connectivity index (χ0) is 34.9. The zero-order valence-corrected chi connectivity index (χ0v) is 27.0. The predicted molar refractivity (Wildman–Crippen MR) is 176 cm³/mol. The molecule has 0 spiro atoms. The third-order valence-electron chi connectivity index (χ3n) is 7.06. The van der Waals surface area contributed by atoms with Crippen LogP contribution in [0.3, 0.4) is 0 Å². The Morgan fingerprint density at radius 2 is 1.19 bits per heavy atom. The molecule has 1 aromatic heterocycles. The van der Waals surface area contributed by atoms with Crippen molar-refractivity contribution in [2.45, 2.75) is 13.5 Å². The monoisotopic (exact) mass is 669 g/mol. The van der Waals surface area contributed by atoms with E-state index in [0.717, 1.165) is 5.56 Å². The molecule has 3 rings (SSSR count). The molecule has 260 valence electrons. The van der Waals surface area contributed by atoms with Crippen LogP contribution in [-0.2, 0) is 20.8 Å². The van der Waals surface area contributed by atoms with Crippen LogP contribution in [0.2, 0.25) is 0 Å². The van der Waals surface area contributed by atoms with E-state index < -0.39 is 40.5 Å². The SMILES string of the molecule is COCCOCCOCCNC(=O)c1ccc(C(=O)NCCNCCNC(=O)c2cc(C)n(Cc3ccccc3)c(=O)c2O)c(O)c1O. The summed E-state index contributed by atoms with van der Waals surface area (Å²) in [7, 11) is 1.58. The normalized spacial score (nSPS) is 10.9. The number of hydrogen-bond acceptors (Lipinski definition) is 11. The van der Waals surface area contributed by atoms with E-state index in [2.05, 4.69) is 21.3 Å². The number of nitrogens with zero attached hydrogens (tertiary/aromatic N) is 1. The van der Waals surface area contributed by atoms with Crippen LogP contribution in [0.15, 0.2) is 53.3 Å². The number of benzene rings is 2. The van der Waals surface area contributed by atoms with Gasteiger partial charge < -0.3 is 55.4 Å². The van der Waals surface area contributed by atoms with E-state index in [0.29, 0.717) is 45.2 Å². The molecule has 2 aromatic carbocycles. The minimum Gasteiger partial charge on any atom is -0.504 e. The number of amides is 3. The average Bonchev–Trinajstić information content (AvgIpc) is 3.08. The molecule has 0 saturated heterocycles. The van der Waals surface area contributed by atoms with Gasteiger partial charge in [0.2, 0.25) is 0 Å². The number of pyridine rings is 1. The van der Waals surface area contributed by atoms with Crippen LogP contribution in [0.1, 0.15) is 42.3 Å². The molecular formula is C33H43N5O10. The maximum atomic E-state index is 12.7. The lowest BCUT2D eigenvalue weighted by molar-refractivity contribution is 0.0255. The van der Waals surface area contributed by atoms with Crippen molar-refractivity contribution in [3.8, 4) is 17.2 Å². The molecule has 48 heavy (non-hydrogen) atoms. The summed E-state index contributed by atoms with van der Waals surface area (Å²) >= 11 is 0. The summed E-state index contributed by atoms with van der Waals surface area (Å²) in [4.78, 5) is 50.3. The lowest BCUT2D eigenvalue weighted by Gasteiger charge is -2.14. The molecule has 0 saturated carbocycles. The molecule has 0 bridgehead atoms. The summed E-state index contributed by atoms with van der Waals surface area (Å²) in [5, 5.41) is 41.9. The molecule has 0 fully saturated rings. The Kier molecular flexibility index (Phi) is 15.3. The van der Waals surface area contributed by atoms with Crippen molar-refractivity contribution < 1.29 is 43.9 Å². The number of aromatic nitrogens is 1. The topological polar surface area (TPSA) is 210 Å². The lowest BCUT2D eigenvalue weighted by atomic mass is 10.1. The minimum atomic E-state index is -0.730. The fraction of sp³-hybridized carbons (Fsp3) is 0.394. The van der Waals surface area contributed by atoms with Gasteiger partial charge in [0.05, 0.1) is 56.3 Å². The number of carbonyl (C=O) groups excluding carboxylic acids is 3. The maximum absolute atomic E-state index is 12.7. The van der Waals surface area contributed by atoms with E-state index >= 15 is 0 Å². The molecule has 1 heterocycles. The first-order valence-corrected chi connectivity index (χ1v) is 15.4. The number of phenols is 2. The second-order valence-corrected chi connectivity index (χ2v) is 10.5. The highest BCUT2D eigenvalue weighted by Crippen LogP contribution is 2.32. The summed E-state index contributed by atoms with van der Waals surface area (Å²) < 4.78 is 16.9. The molecular weight excluding hydrogens is 626 g/mol. The molecule has 3 aromatic rings. The highest BCUT2D eigenvalue weighted by Gasteiger charge is 2.21. The predicted octanol–water partition coefficient (Wildman–Crippen LogP) is 0.481. The van der Waals surface area contributed by atoms with Crippen molar-refractivity contribution in [1.82, 2.24) is 25.8 Å². The highest BCUT2D eigenvalue weighted by molar-refractivity contribution is 6.02. The Balaban J connectivity index is 1.36. The number of carbonyl (C=O) groups is 3. The van der Waals surface area contributed by atoms with Crippen LogP contribution in [0.4, 0.5) is 0 Å². The van der Waals surface area contributed by atoms with Crippen molar-refractivity contribution in [3.05, 3.63) is 86.8 Å². The van der Waals surface area contributed by atoms with E-state index in [1.54, 1.807) is 14.0 Å². The number of nitrogens with one attached hydrogen (secondary N) is 4. The number of aromatic hydroxyl groups is 3. The smallest absolute Gasteiger partial charge is 0.294 e. The molecule has 3 amide bonds. The van der Waals surface area contributed by atoms with Gasteiger partial charge in [-0.1, -0.05) is 30.3 Å². The van der Waals surface area contributed by atoms with Gasteiger partial charge >= 0.3 is 0 Å². The molecule has 0 aliphatic heterocycles. The van der Waals surface area contributed by atoms with Crippen LogP contribution in [0.25, 0.3) is 0 Å². The summed E-state index contributed by atoms with van der Waals surface area (Å²) in [6.45, 7) is 4.90. The number of aryl methyl sites for hydroxylation is 1. The van der Waals surface area contributed by atoms with Gasteiger partial charge in [0.1, 0.15) is 0 Å². The van der Waals surface area contributed by atoms with Crippen molar-refractivity contribution in [1.29, 1.82) is 0 Å². The third kappa shape index (κ3) is 11.1. The van der Waals surface area contributed by atoms with Gasteiger partial charge in [0.15, 0.2) is 17.2 Å². The quantitative estimate of drug-likeness (QED) is 0.0650. The lowest BCUT2D eigenvalue weighted by Crippen LogP contribution is -2.37. The molecule has 0 atom stereocenters. The van der Waals surface area contributed by atoms with E-state index in [4.69, 9.17) is 14.2 Å². The van der Waals surface area contributed by atoms with Crippen LogP contribution >= 0.6 is 0 Å². The average molecular weight is 670 g/mol. The van der Waals surface area contributed by atoms with Crippen LogP contribution in [-0.4, -0.2) is 110 Å². The van der Waals surface area contributed by atoms with Crippen molar-refractivity contribution >= 4 is 17.7 Å². The van der Waals surface area contributed by atoms with Crippen LogP contribution < -0.4 is 26.8 Å². The van der Waals surface area contributed by atoms with Crippen molar-refractivity contribution in [2.24, 2.45) is 0 Å². The Morgan fingerprint density at radius 1 is 0.667 bits per heavy atom. The number of hydrogen-bond donors (Lipinski definition) is 7. The van der Waals surface area contributed by atoms with E-state index in [9.17, 15) is 34.5 Å². The first-order chi connectivity index (χ1) is 23.1. The largest absolute Gasteiger partial charge is 0.504 e. The van der Waals surface area contributed by atoms with Gasteiger partial charge in [-0.05, 0) is 30.7 Å². The summed E-state index contributed by atoms with van der Waals surface area (Å²) in [6.07, 6.45) is 0. The van der Waals surface area contributed by atoms with Crippen LogP contribution in [0.5, 0.6) is 17.2 Å². The van der Waals surface area contributed by atoms with Gasteiger partial charge in [0, 0.05) is 45.5 Å². The second kappa shape index (κ2) is 19.6. The van der Waals surface area contributed by atoms with E-state index in [-0.39, 0.29) is 49.5 Å². The fourth-order valence-corrected chi connectivity index (χ4v) is 4.48. The Bertz CT molecular complexity index is 1580. The Morgan fingerprint density at radius 3 is 1.77 bits per heavy atom. The van der Waals surface area contributed by atoms with Gasteiger partial charge in [-0.3, -0.25) is 19.2 Å². The maximum Gasteiger partial charge on any atom is 0.294 e. The van der Waals surface area contributed by atoms with Crippen molar-refractivity contribution in [3.63, 3.8) is 0 Å². The summed E-state index contributed by atoms with van der Waals surface area (Å²) in [5.41, 5.74) is 0.207. The van der Waals surface area contributed by atoms with Gasteiger partial charge in [-0.2, -0.15) is 0 Å². The number of ether oxygens (including phenoxy) is 3. The fourth-order valence-electron chi connectivity index (χ4n) is 4.48. The van der Waals surface area contributed by atoms with Crippen LogP contribution in [0, 0.1) is 6.92 Å². The van der Waals surface area contributed by atoms with Gasteiger partial charge in [-0.15, -0.1) is 0 Å². The summed E-state index contributed by atoms with van der Waals surface area (Å²) in [6, 6.07) is 13.2. The number of phenolic OH excluding ortho intramolecular Hbond substituents is 2. The molecule has 0 aliphatic rings. The van der Waals surface area contributed by atoms with E-state index in [1.165, 1.54) is 22.8 Å². The van der Waals surface area contributed by atoms with Gasteiger partial charge in [-0.25, -0.2) is 0 Å². The Labute approximate surface area is 277 Å². The standard InChI is InChI=1S/C33H43N5O10/c1-22-20-26(29(41)33(45)38(22)21-23-6-4-3-5-7-23)32(44)36-13-11-34-10-12-35-30(42)24-8-9-25(28(40)27(24)39)31(43)37-14-15-47-18-19-48-17-16-46-2/h3-9,20,34,39-41H,10-19,21H2,1-2H3,(H,35,42)(H,36,44)(H,37,43). The molecule has 0 unspecified atom stereocenters. The highest BCUT2D eigenvalue weighted by atomic mass is 16.5. The second-order valence-electron chi connectivity index (χ2n) is 10.5. The molecule has 15 heteroatoms. The van der Waals surface area contributed by atoms with Crippen molar-refractivity contribution in [2.75, 3.05) is 72.9 Å². The summed E-state index contributed by atoms with van der Waals surface area (Å²) in [5.74, 6) is -4.01. The first kappa shape index (κ1) is 37.5. The molecule has 0 radical (unpaired) electrons. The molecule has 15 nitrogen and oxygen atoms in total. The molecule has 7 N–H and O–H groups in total. The Hall–Kier alpha value is -4.96.